The zero-order valence-electron chi connectivity index (χ0n) is 9.45. The van der Waals surface area contributed by atoms with E-state index in [-0.39, 0.29) is 11.3 Å². The number of carboxylic acid groups (broad SMARTS) is 1. The molecule has 0 atom stereocenters. The lowest BCUT2D eigenvalue weighted by Gasteiger charge is -2.02. The first-order valence-electron chi connectivity index (χ1n) is 5.09. The molecule has 3 N–H and O–H groups in total. The Kier molecular flexibility index (Phi) is 3.78. The van der Waals surface area contributed by atoms with Crippen LogP contribution in [0.1, 0.15) is 23.1 Å². The molecule has 0 aliphatic rings. The Labute approximate surface area is 111 Å². The van der Waals surface area contributed by atoms with E-state index in [1.54, 1.807) is 0 Å². The number of aryl methyl sites for hydroxylation is 1. The van der Waals surface area contributed by atoms with Gasteiger partial charge in [0.05, 0.1) is 17.4 Å². The summed E-state index contributed by atoms with van der Waals surface area (Å²) >= 11 is 2.55. The molecule has 0 fully saturated rings. The third-order valence-corrected chi connectivity index (χ3v) is 3.82. The van der Waals surface area contributed by atoms with Crippen molar-refractivity contribution in [1.82, 2.24) is 14.3 Å². The zero-order valence-corrected chi connectivity index (χ0v) is 11.1. The second-order valence-corrected chi connectivity index (χ2v) is 5.37. The maximum absolute atomic E-state index is 10.9. The molecule has 0 bridgehead atoms. The number of nitrogen functional groups attached to an aromatic ring is 1. The molecule has 0 radical (unpaired) electrons. The SMILES string of the molecule is CCc1nsc(Sc2cc(C(=O)O)c(N)cn2)n1. The maximum atomic E-state index is 10.9. The van der Waals surface area contributed by atoms with E-state index >= 15 is 0 Å². The first-order chi connectivity index (χ1) is 8.60. The van der Waals surface area contributed by atoms with Gasteiger partial charge in [0.15, 0.2) is 4.34 Å². The van der Waals surface area contributed by atoms with Crippen LogP contribution in [-0.2, 0) is 6.42 Å². The molecular weight excluding hydrogens is 272 g/mol. The fraction of sp³-hybridized carbons (Fsp3) is 0.200. The summed E-state index contributed by atoms with van der Waals surface area (Å²) < 4.78 is 4.88. The second-order valence-electron chi connectivity index (χ2n) is 3.35. The van der Waals surface area contributed by atoms with Gasteiger partial charge >= 0.3 is 5.97 Å². The van der Waals surface area contributed by atoms with E-state index in [0.717, 1.165) is 16.6 Å². The third-order valence-electron chi connectivity index (χ3n) is 2.10. The van der Waals surface area contributed by atoms with Crippen molar-refractivity contribution < 1.29 is 9.90 Å². The van der Waals surface area contributed by atoms with Gasteiger partial charge in [-0.25, -0.2) is 14.8 Å². The summed E-state index contributed by atoms with van der Waals surface area (Å²) in [5.41, 5.74) is 5.73. The van der Waals surface area contributed by atoms with E-state index < -0.39 is 5.97 Å². The smallest absolute Gasteiger partial charge is 0.337 e. The van der Waals surface area contributed by atoms with Gasteiger partial charge in [0.25, 0.3) is 0 Å². The lowest BCUT2D eigenvalue weighted by atomic mass is 10.2. The van der Waals surface area contributed by atoms with Crippen molar-refractivity contribution in [3.05, 3.63) is 23.7 Å². The number of anilines is 1. The molecule has 6 nitrogen and oxygen atoms in total. The highest BCUT2D eigenvalue weighted by Gasteiger charge is 2.12. The van der Waals surface area contributed by atoms with E-state index in [4.69, 9.17) is 10.8 Å². The molecular formula is C10H10N4O2S2. The predicted molar refractivity (Wildman–Crippen MR) is 69.0 cm³/mol. The van der Waals surface area contributed by atoms with Crippen LogP contribution >= 0.6 is 23.3 Å². The molecule has 18 heavy (non-hydrogen) atoms. The van der Waals surface area contributed by atoms with Gasteiger partial charge in [0.1, 0.15) is 10.9 Å². The summed E-state index contributed by atoms with van der Waals surface area (Å²) in [5, 5.41) is 9.50. The number of pyridine rings is 1. The molecule has 0 amide bonds. The van der Waals surface area contributed by atoms with Gasteiger partial charge in [-0.2, -0.15) is 4.37 Å². The Bertz CT molecular complexity index is 585. The Morgan fingerprint density at radius 1 is 1.61 bits per heavy atom. The molecule has 0 saturated heterocycles. The summed E-state index contributed by atoms with van der Waals surface area (Å²) in [6.07, 6.45) is 2.11. The van der Waals surface area contributed by atoms with E-state index in [2.05, 4.69) is 14.3 Å². The Morgan fingerprint density at radius 3 is 3.00 bits per heavy atom. The number of aromatic nitrogens is 3. The maximum Gasteiger partial charge on any atom is 0.337 e. The van der Waals surface area contributed by atoms with Crippen LogP contribution in [0.25, 0.3) is 0 Å². The molecule has 0 saturated carbocycles. The first-order valence-corrected chi connectivity index (χ1v) is 6.68. The van der Waals surface area contributed by atoms with E-state index in [1.807, 2.05) is 6.92 Å². The van der Waals surface area contributed by atoms with Crippen LogP contribution < -0.4 is 5.73 Å². The first kappa shape index (κ1) is 12.8. The molecule has 2 rings (SSSR count). The lowest BCUT2D eigenvalue weighted by molar-refractivity contribution is 0.0697. The zero-order chi connectivity index (χ0) is 13.1. The number of hydrogen-bond acceptors (Lipinski definition) is 7. The minimum absolute atomic E-state index is 0.0488. The van der Waals surface area contributed by atoms with Gasteiger partial charge in [-0.05, 0) is 29.4 Å². The predicted octanol–water partition coefficient (Wildman–Crippen LogP) is 1.93. The minimum Gasteiger partial charge on any atom is -0.478 e. The number of rotatable bonds is 4. The van der Waals surface area contributed by atoms with Gasteiger partial charge in [-0.3, -0.25) is 0 Å². The molecule has 2 heterocycles. The molecule has 0 unspecified atom stereocenters. The van der Waals surface area contributed by atoms with E-state index in [0.29, 0.717) is 5.03 Å². The van der Waals surface area contributed by atoms with Crippen LogP contribution in [0.5, 0.6) is 0 Å². The summed E-state index contributed by atoms with van der Waals surface area (Å²) in [6, 6.07) is 1.44. The number of hydrogen-bond donors (Lipinski definition) is 2. The van der Waals surface area contributed by atoms with Crippen molar-refractivity contribution in [3.63, 3.8) is 0 Å². The Hall–Kier alpha value is -1.67. The summed E-state index contributed by atoms with van der Waals surface area (Å²) in [7, 11) is 0. The molecule has 2 aromatic heterocycles. The highest BCUT2D eigenvalue weighted by atomic mass is 32.2. The molecule has 2 aromatic rings. The van der Waals surface area contributed by atoms with Crippen LogP contribution in [0.3, 0.4) is 0 Å². The molecule has 94 valence electrons. The minimum atomic E-state index is -1.07. The standard InChI is InChI=1S/C10H10N4O2S2/c1-2-7-13-10(18-14-7)17-8-3-5(9(15)16)6(11)4-12-8/h3-4H,2,11H2,1H3,(H,15,16). The highest BCUT2D eigenvalue weighted by molar-refractivity contribution is 8.00. The number of nitrogens with zero attached hydrogens (tertiary/aromatic N) is 3. The summed E-state index contributed by atoms with van der Waals surface area (Å²) in [5.74, 6) is -0.292. The monoisotopic (exact) mass is 282 g/mol. The van der Waals surface area contributed by atoms with E-state index in [9.17, 15) is 4.79 Å². The van der Waals surface area contributed by atoms with Crippen LogP contribution in [0.2, 0.25) is 0 Å². The Morgan fingerprint density at radius 2 is 2.39 bits per heavy atom. The van der Waals surface area contributed by atoms with Crippen molar-refractivity contribution >= 4 is 35.0 Å². The fourth-order valence-electron chi connectivity index (χ4n) is 1.20. The number of nitrogens with two attached hydrogens (primary N) is 1. The van der Waals surface area contributed by atoms with Gasteiger partial charge in [0, 0.05) is 6.42 Å². The highest BCUT2D eigenvalue weighted by Crippen LogP contribution is 2.29. The third kappa shape index (κ3) is 2.77. The molecule has 0 aliphatic carbocycles. The van der Waals surface area contributed by atoms with Crippen molar-refractivity contribution in [2.75, 3.05) is 5.73 Å². The average molecular weight is 282 g/mol. The van der Waals surface area contributed by atoms with Crippen LogP contribution in [-0.4, -0.2) is 25.4 Å². The van der Waals surface area contributed by atoms with Gasteiger partial charge < -0.3 is 10.8 Å². The molecule has 8 heteroatoms. The van der Waals surface area contributed by atoms with E-state index in [1.165, 1.54) is 35.6 Å². The molecule has 0 aliphatic heterocycles. The van der Waals surface area contributed by atoms with Crippen molar-refractivity contribution in [3.8, 4) is 0 Å². The summed E-state index contributed by atoms with van der Waals surface area (Å²) in [4.78, 5) is 19.3. The average Bonchev–Trinajstić information content (AvgIpc) is 2.79. The fourth-order valence-corrected chi connectivity index (χ4v) is 2.83. The Balaban J connectivity index is 2.24. The molecule has 0 aromatic carbocycles. The van der Waals surface area contributed by atoms with Gasteiger partial charge in [0.2, 0.25) is 0 Å². The quantitative estimate of drug-likeness (QED) is 0.883. The van der Waals surface area contributed by atoms with Crippen LogP contribution in [0, 0.1) is 0 Å². The van der Waals surface area contributed by atoms with Crippen molar-refractivity contribution in [1.29, 1.82) is 0 Å². The number of carboxylic acids is 1. The lowest BCUT2D eigenvalue weighted by Crippen LogP contribution is -2.03. The van der Waals surface area contributed by atoms with Gasteiger partial charge in [-0.15, -0.1) is 0 Å². The number of carbonyl (C=O) groups is 1. The van der Waals surface area contributed by atoms with Crippen LogP contribution in [0.15, 0.2) is 21.6 Å². The van der Waals surface area contributed by atoms with Crippen LogP contribution in [0.4, 0.5) is 5.69 Å². The summed E-state index contributed by atoms with van der Waals surface area (Å²) in [6.45, 7) is 1.97. The number of aromatic carboxylic acids is 1. The van der Waals surface area contributed by atoms with Gasteiger partial charge in [-0.1, -0.05) is 6.92 Å². The topological polar surface area (TPSA) is 102 Å². The second kappa shape index (κ2) is 5.32. The molecule has 0 spiro atoms. The van der Waals surface area contributed by atoms with Crippen molar-refractivity contribution in [2.45, 2.75) is 22.7 Å². The normalized spacial score (nSPS) is 10.5. The largest absolute Gasteiger partial charge is 0.478 e. The van der Waals surface area contributed by atoms with Crippen molar-refractivity contribution in [2.24, 2.45) is 0 Å².